The first-order valence-electron chi connectivity index (χ1n) is 9.42. The van der Waals surface area contributed by atoms with Gasteiger partial charge in [-0.25, -0.2) is 13.1 Å². The molecule has 170 valence electrons. The number of sulfonamides is 1. The summed E-state index contributed by atoms with van der Waals surface area (Å²) in [6.07, 6.45) is 0. The molecule has 2 aromatic carbocycles. The number of nitrogens with one attached hydrogen (secondary N) is 3. The van der Waals surface area contributed by atoms with Crippen LogP contribution in [0.25, 0.3) is 10.1 Å². The molecule has 0 saturated carbocycles. The molecule has 3 rings (SSSR count). The van der Waals surface area contributed by atoms with Crippen molar-refractivity contribution in [3.8, 4) is 5.75 Å². The van der Waals surface area contributed by atoms with E-state index in [0.29, 0.717) is 21.3 Å². The molecule has 0 saturated heterocycles. The van der Waals surface area contributed by atoms with E-state index in [1.54, 1.807) is 52.1 Å². The Kier molecular flexibility index (Phi) is 7.11. The number of amides is 1. The standard InChI is InChI=1S/C21H22ClN3O4S3/c1-21(2,3)25-32(27,28)14-8-5-12(6-9-14)23-20(30)24-19(26)18-17(22)15-10-7-13(29-4)11-16(15)31-18/h5-11,25H,1-4H3,(H2,23,24,26,30). The lowest BCUT2D eigenvalue weighted by Crippen LogP contribution is -2.40. The summed E-state index contributed by atoms with van der Waals surface area (Å²) in [4.78, 5) is 13.1. The second-order valence-corrected chi connectivity index (χ2v) is 11.4. The first-order valence-corrected chi connectivity index (χ1v) is 12.5. The lowest BCUT2D eigenvalue weighted by Gasteiger charge is -2.20. The molecule has 0 aliphatic rings. The molecule has 7 nitrogen and oxygen atoms in total. The number of ether oxygens (including phenoxy) is 1. The zero-order valence-electron chi connectivity index (χ0n) is 17.8. The summed E-state index contributed by atoms with van der Waals surface area (Å²) >= 11 is 12.8. The van der Waals surface area contributed by atoms with E-state index in [-0.39, 0.29) is 10.0 Å². The van der Waals surface area contributed by atoms with Crippen LogP contribution in [0.3, 0.4) is 0 Å². The highest BCUT2D eigenvalue weighted by atomic mass is 35.5. The molecule has 0 spiro atoms. The Bertz CT molecular complexity index is 1280. The van der Waals surface area contributed by atoms with E-state index < -0.39 is 21.5 Å². The predicted octanol–water partition coefficient (Wildman–Crippen LogP) is 4.77. The van der Waals surface area contributed by atoms with E-state index in [9.17, 15) is 13.2 Å². The van der Waals surface area contributed by atoms with Crippen molar-refractivity contribution in [3.63, 3.8) is 0 Å². The van der Waals surface area contributed by atoms with E-state index >= 15 is 0 Å². The SMILES string of the molecule is COc1ccc2c(Cl)c(C(=O)NC(=S)Nc3ccc(S(=O)(=O)NC(C)(C)C)cc3)sc2c1. The summed E-state index contributed by atoms with van der Waals surface area (Å²) in [5, 5.41) is 6.62. The number of hydrogen-bond acceptors (Lipinski definition) is 6. The van der Waals surface area contributed by atoms with Gasteiger partial charge in [-0.2, -0.15) is 0 Å². The van der Waals surface area contributed by atoms with Crippen molar-refractivity contribution < 1.29 is 17.9 Å². The third-order valence-corrected chi connectivity index (χ3v) is 7.77. The maximum Gasteiger partial charge on any atom is 0.269 e. The number of hydrogen-bond donors (Lipinski definition) is 3. The van der Waals surface area contributed by atoms with Gasteiger partial charge in [-0.3, -0.25) is 10.1 Å². The van der Waals surface area contributed by atoms with Gasteiger partial charge < -0.3 is 10.1 Å². The number of halogens is 1. The molecular weight excluding hydrogens is 490 g/mol. The number of carbonyl (C=O) groups excluding carboxylic acids is 1. The molecule has 0 aliphatic carbocycles. The third kappa shape index (κ3) is 5.76. The van der Waals surface area contributed by atoms with E-state index in [0.717, 1.165) is 10.1 Å². The lowest BCUT2D eigenvalue weighted by molar-refractivity contribution is 0.0982. The summed E-state index contributed by atoms with van der Waals surface area (Å²) < 4.78 is 33.4. The van der Waals surface area contributed by atoms with Crippen LogP contribution in [0.4, 0.5) is 5.69 Å². The summed E-state index contributed by atoms with van der Waals surface area (Å²) in [5.74, 6) is 0.226. The Morgan fingerprint density at radius 2 is 1.78 bits per heavy atom. The fourth-order valence-electron chi connectivity index (χ4n) is 2.82. The fraction of sp³-hybridized carbons (Fsp3) is 0.238. The van der Waals surface area contributed by atoms with Crippen molar-refractivity contribution in [2.75, 3.05) is 12.4 Å². The predicted molar refractivity (Wildman–Crippen MR) is 134 cm³/mol. The zero-order valence-corrected chi connectivity index (χ0v) is 21.0. The number of methoxy groups -OCH3 is 1. The first kappa shape index (κ1) is 24.4. The molecule has 11 heteroatoms. The highest BCUT2D eigenvalue weighted by Crippen LogP contribution is 2.37. The van der Waals surface area contributed by atoms with E-state index in [2.05, 4.69) is 15.4 Å². The van der Waals surface area contributed by atoms with Crippen molar-refractivity contribution in [1.29, 1.82) is 0 Å². The first-order chi connectivity index (χ1) is 14.9. The minimum absolute atomic E-state index is 0.0597. The monoisotopic (exact) mass is 511 g/mol. The largest absolute Gasteiger partial charge is 0.497 e. The number of thiocarbonyl (C=S) groups is 1. The molecule has 3 aromatic rings. The summed E-state index contributed by atoms with van der Waals surface area (Å²) in [7, 11) is -2.08. The van der Waals surface area contributed by atoms with Crippen molar-refractivity contribution in [1.82, 2.24) is 10.0 Å². The van der Waals surface area contributed by atoms with Crippen LogP contribution < -0.4 is 20.1 Å². The highest BCUT2D eigenvalue weighted by molar-refractivity contribution is 7.89. The van der Waals surface area contributed by atoms with Crippen LogP contribution in [0.1, 0.15) is 30.4 Å². The maximum absolute atomic E-state index is 12.7. The highest BCUT2D eigenvalue weighted by Gasteiger charge is 2.22. The summed E-state index contributed by atoms with van der Waals surface area (Å²) in [6, 6.07) is 11.4. The van der Waals surface area contributed by atoms with Crippen LogP contribution in [0.5, 0.6) is 5.75 Å². The van der Waals surface area contributed by atoms with E-state index in [4.69, 9.17) is 28.6 Å². The van der Waals surface area contributed by atoms with Gasteiger partial charge in [0.15, 0.2) is 5.11 Å². The van der Waals surface area contributed by atoms with Gasteiger partial charge in [0.25, 0.3) is 5.91 Å². The fourth-order valence-corrected chi connectivity index (χ4v) is 5.89. The van der Waals surface area contributed by atoms with Gasteiger partial charge in [0, 0.05) is 21.3 Å². The Morgan fingerprint density at radius 1 is 1.12 bits per heavy atom. The normalized spacial score (nSPS) is 11.9. The lowest BCUT2D eigenvalue weighted by atomic mass is 10.1. The van der Waals surface area contributed by atoms with Gasteiger partial charge >= 0.3 is 0 Å². The molecule has 1 heterocycles. The molecule has 32 heavy (non-hydrogen) atoms. The van der Waals surface area contributed by atoms with E-state index in [1.807, 2.05) is 6.07 Å². The van der Waals surface area contributed by atoms with Gasteiger partial charge in [-0.05, 0) is 75.5 Å². The number of anilines is 1. The zero-order chi connectivity index (χ0) is 23.7. The quantitative estimate of drug-likeness (QED) is 0.427. The van der Waals surface area contributed by atoms with Crippen molar-refractivity contribution in [2.45, 2.75) is 31.2 Å². The number of thiophene rings is 1. The van der Waals surface area contributed by atoms with Crippen LogP contribution in [-0.2, 0) is 10.0 Å². The number of carbonyl (C=O) groups is 1. The molecular formula is C21H22ClN3O4S3. The van der Waals surface area contributed by atoms with Gasteiger partial charge in [-0.15, -0.1) is 11.3 Å². The minimum atomic E-state index is -3.64. The number of rotatable bonds is 5. The number of fused-ring (bicyclic) bond motifs is 1. The Labute approximate surface area is 201 Å². The smallest absolute Gasteiger partial charge is 0.269 e. The second-order valence-electron chi connectivity index (χ2n) is 7.90. The van der Waals surface area contributed by atoms with Crippen molar-refractivity contribution in [3.05, 3.63) is 52.4 Å². The second kappa shape index (κ2) is 9.32. The van der Waals surface area contributed by atoms with Crippen LogP contribution >= 0.6 is 35.2 Å². The Balaban J connectivity index is 1.69. The van der Waals surface area contributed by atoms with Crippen LogP contribution in [0.15, 0.2) is 47.4 Å². The van der Waals surface area contributed by atoms with Gasteiger partial charge in [-0.1, -0.05) is 11.6 Å². The third-order valence-electron chi connectivity index (χ3n) is 4.13. The molecule has 3 N–H and O–H groups in total. The molecule has 0 bridgehead atoms. The molecule has 0 atom stereocenters. The molecule has 1 amide bonds. The van der Waals surface area contributed by atoms with Gasteiger partial charge in [0.1, 0.15) is 10.6 Å². The van der Waals surface area contributed by atoms with Crippen molar-refractivity contribution in [2.24, 2.45) is 0 Å². The topological polar surface area (TPSA) is 96.5 Å². The Morgan fingerprint density at radius 3 is 2.38 bits per heavy atom. The van der Waals surface area contributed by atoms with Crippen LogP contribution in [0.2, 0.25) is 5.02 Å². The Hall–Kier alpha value is -2.24. The maximum atomic E-state index is 12.7. The minimum Gasteiger partial charge on any atom is -0.497 e. The molecule has 0 radical (unpaired) electrons. The van der Waals surface area contributed by atoms with Crippen molar-refractivity contribution >= 4 is 72.0 Å². The summed E-state index contributed by atoms with van der Waals surface area (Å²) in [5.41, 5.74) is -0.0715. The molecule has 0 fully saturated rings. The van der Waals surface area contributed by atoms with Gasteiger partial charge in [0.05, 0.1) is 17.0 Å². The molecule has 1 aromatic heterocycles. The average Bonchev–Trinajstić information content (AvgIpc) is 3.02. The summed E-state index contributed by atoms with van der Waals surface area (Å²) in [6.45, 7) is 5.29. The average molecular weight is 512 g/mol. The number of benzene rings is 2. The molecule has 0 aliphatic heterocycles. The van der Waals surface area contributed by atoms with Gasteiger partial charge in [0.2, 0.25) is 10.0 Å². The molecule has 0 unspecified atom stereocenters. The van der Waals surface area contributed by atoms with Crippen LogP contribution in [-0.4, -0.2) is 32.1 Å². The van der Waals surface area contributed by atoms with Crippen LogP contribution in [0, 0.1) is 0 Å². The van der Waals surface area contributed by atoms with E-state index in [1.165, 1.54) is 23.5 Å².